The van der Waals surface area contributed by atoms with E-state index in [1.165, 1.54) is 0 Å². The first-order chi connectivity index (χ1) is 11.8. The molecule has 2 heterocycles. The van der Waals surface area contributed by atoms with E-state index in [9.17, 15) is 4.79 Å². The molecule has 1 unspecified atom stereocenters. The number of carbonyl (C=O) groups is 1. The summed E-state index contributed by atoms with van der Waals surface area (Å²) in [6.07, 6.45) is 7.28. The van der Waals surface area contributed by atoms with Crippen LogP contribution in [0.1, 0.15) is 49.4 Å². The van der Waals surface area contributed by atoms with Gasteiger partial charge in [0.05, 0.1) is 5.92 Å². The van der Waals surface area contributed by atoms with Crippen LogP contribution in [0.2, 0.25) is 0 Å². The van der Waals surface area contributed by atoms with Crippen LogP contribution in [0.4, 0.5) is 0 Å². The summed E-state index contributed by atoms with van der Waals surface area (Å²) in [5.41, 5.74) is 1.03. The number of amides is 1. The Labute approximate surface area is 142 Å². The van der Waals surface area contributed by atoms with E-state index in [4.69, 9.17) is 4.52 Å². The summed E-state index contributed by atoms with van der Waals surface area (Å²) in [5, 5.41) is 4.02. The fourth-order valence-corrected chi connectivity index (χ4v) is 2.97. The standard InChI is InChI=1S/C19H23N3O2/c1-2-7-17-20-19(24-21-17)16-10-6-13-22(14-16)18(23)12-11-15-8-4-3-5-9-15/h3-5,8-9,11-12,16H,2,6-7,10,13-14H2,1H3/b12-11+. The average molecular weight is 325 g/mol. The van der Waals surface area contributed by atoms with Gasteiger partial charge in [0.2, 0.25) is 11.8 Å². The summed E-state index contributed by atoms with van der Waals surface area (Å²) in [6, 6.07) is 9.85. The van der Waals surface area contributed by atoms with Crippen molar-refractivity contribution in [3.63, 3.8) is 0 Å². The number of hydrogen-bond acceptors (Lipinski definition) is 4. The quantitative estimate of drug-likeness (QED) is 0.790. The van der Waals surface area contributed by atoms with Crippen LogP contribution in [0.5, 0.6) is 0 Å². The number of hydrogen-bond donors (Lipinski definition) is 0. The van der Waals surface area contributed by atoms with Gasteiger partial charge in [-0.15, -0.1) is 0 Å². The van der Waals surface area contributed by atoms with Gasteiger partial charge in [-0.3, -0.25) is 4.79 Å². The van der Waals surface area contributed by atoms with Crippen molar-refractivity contribution in [3.05, 3.63) is 53.7 Å². The third-order valence-electron chi connectivity index (χ3n) is 4.26. The van der Waals surface area contributed by atoms with Crippen LogP contribution < -0.4 is 0 Å². The van der Waals surface area contributed by atoms with Crippen molar-refractivity contribution in [3.8, 4) is 0 Å². The fourth-order valence-electron chi connectivity index (χ4n) is 2.97. The van der Waals surface area contributed by atoms with Gasteiger partial charge in [-0.05, 0) is 30.9 Å². The van der Waals surface area contributed by atoms with E-state index in [2.05, 4.69) is 17.1 Å². The third-order valence-corrected chi connectivity index (χ3v) is 4.26. The van der Waals surface area contributed by atoms with E-state index < -0.39 is 0 Å². The molecule has 24 heavy (non-hydrogen) atoms. The van der Waals surface area contributed by atoms with E-state index in [-0.39, 0.29) is 11.8 Å². The Bertz CT molecular complexity index is 694. The first-order valence-corrected chi connectivity index (χ1v) is 8.60. The number of aromatic nitrogens is 2. The Morgan fingerprint density at radius 2 is 2.21 bits per heavy atom. The summed E-state index contributed by atoms with van der Waals surface area (Å²) in [7, 11) is 0. The van der Waals surface area contributed by atoms with Crippen molar-refractivity contribution in [1.82, 2.24) is 15.0 Å². The third kappa shape index (κ3) is 4.10. The average Bonchev–Trinajstić information content (AvgIpc) is 3.10. The molecule has 5 heteroatoms. The maximum atomic E-state index is 12.4. The van der Waals surface area contributed by atoms with Gasteiger partial charge in [-0.1, -0.05) is 42.4 Å². The monoisotopic (exact) mass is 325 g/mol. The maximum Gasteiger partial charge on any atom is 0.246 e. The van der Waals surface area contributed by atoms with Crippen LogP contribution in [0.25, 0.3) is 6.08 Å². The highest BCUT2D eigenvalue weighted by Gasteiger charge is 2.27. The number of piperidine rings is 1. The number of carbonyl (C=O) groups excluding carboxylic acids is 1. The minimum atomic E-state index is 0.0388. The van der Waals surface area contributed by atoms with Crippen LogP contribution in [0.15, 0.2) is 40.9 Å². The molecule has 1 aliphatic rings. The van der Waals surface area contributed by atoms with Gasteiger partial charge in [0.25, 0.3) is 0 Å². The zero-order valence-corrected chi connectivity index (χ0v) is 14.0. The van der Waals surface area contributed by atoms with Gasteiger partial charge >= 0.3 is 0 Å². The van der Waals surface area contributed by atoms with Crippen molar-refractivity contribution < 1.29 is 9.32 Å². The summed E-state index contributed by atoms with van der Waals surface area (Å²) in [5.74, 6) is 1.62. The molecule has 0 N–H and O–H groups in total. The minimum absolute atomic E-state index is 0.0388. The van der Waals surface area contributed by atoms with Gasteiger partial charge in [-0.25, -0.2) is 0 Å². The molecule has 0 aliphatic carbocycles. The lowest BCUT2D eigenvalue weighted by Gasteiger charge is -2.30. The predicted molar refractivity (Wildman–Crippen MR) is 92.3 cm³/mol. The number of nitrogens with zero attached hydrogens (tertiary/aromatic N) is 3. The van der Waals surface area contributed by atoms with Crippen LogP contribution in [-0.2, 0) is 11.2 Å². The molecule has 1 aromatic carbocycles. The lowest BCUT2D eigenvalue weighted by molar-refractivity contribution is -0.127. The molecule has 126 valence electrons. The van der Waals surface area contributed by atoms with Crippen LogP contribution in [-0.4, -0.2) is 34.0 Å². The van der Waals surface area contributed by atoms with E-state index in [1.54, 1.807) is 6.08 Å². The zero-order valence-electron chi connectivity index (χ0n) is 14.0. The topological polar surface area (TPSA) is 59.2 Å². The molecular weight excluding hydrogens is 302 g/mol. The normalized spacial score (nSPS) is 18.2. The maximum absolute atomic E-state index is 12.4. The molecule has 3 rings (SSSR count). The Morgan fingerprint density at radius 3 is 3.00 bits per heavy atom. The fraction of sp³-hybridized carbons (Fsp3) is 0.421. The first-order valence-electron chi connectivity index (χ1n) is 8.60. The van der Waals surface area contributed by atoms with Crippen LogP contribution in [0.3, 0.4) is 0 Å². The van der Waals surface area contributed by atoms with Gasteiger partial charge in [0.1, 0.15) is 0 Å². The molecular formula is C19H23N3O2. The molecule has 0 spiro atoms. The highest BCUT2D eigenvalue weighted by Crippen LogP contribution is 2.26. The van der Waals surface area contributed by atoms with Gasteiger partial charge in [-0.2, -0.15) is 4.98 Å². The summed E-state index contributed by atoms with van der Waals surface area (Å²) < 4.78 is 5.40. The van der Waals surface area contributed by atoms with Gasteiger partial charge < -0.3 is 9.42 Å². The molecule has 1 atom stereocenters. The minimum Gasteiger partial charge on any atom is -0.339 e. The summed E-state index contributed by atoms with van der Waals surface area (Å²) in [6.45, 7) is 3.52. The second-order valence-corrected chi connectivity index (χ2v) is 6.17. The smallest absolute Gasteiger partial charge is 0.246 e. The molecule has 1 aromatic heterocycles. The summed E-state index contributed by atoms with van der Waals surface area (Å²) >= 11 is 0. The predicted octanol–water partition coefficient (Wildman–Crippen LogP) is 3.44. The van der Waals surface area contributed by atoms with Crippen molar-refractivity contribution in [2.75, 3.05) is 13.1 Å². The number of benzene rings is 1. The first kappa shape index (κ1) is 16.4. The Hall–Kier alpha value is -2.43. The van der Waals surface area contributed by atoms with E-state index in [1.807, 2.05) is 41.3 Å². The van der Waals surface area contributed by atoms with Crippen molar-refractivity contribution >= 4 is 12.0 Å². The highest BCUT2D eigenvalue weighted by molar-refractivity contribution is 5.91. The zero-order chi connectivity index (χ0) is 16.8. The molecule has 1 amide bonds. The number of rotatable bonds is 5. The second-order valence-electron chi connectivity index (χ2n) is 6.17. The largest absolute Gasteiger partial charge is 0.339 e. The molecule has 0 radical (unpaired) electrons. The van der Waals surface area contributed by atoms with Crippen molar-refractivity contribution in [2.24, 2.45) is 0 Å². The van der Waals surface area contributed by atoms with Gasteiger partial charge in [0, 0.05) is 25.6 Å². The second kappa shape index (κ2) is 7.90. The molecule has 1 fully saturated rings. The molecule has 1 saturated heterocycles. The lowest BCUT2D eigenvalue weighted by Crippen LogP contribution is -2.38. The summed E-state index contributed by atoms with van der Waals surface area (Å²) in [4.78, 5) is 18.8. The molecule has 2 aromatic rings. The van der Waals surface area contributed by atoms with Gasteiger partial charge in [0.15, 0.2) is 5.82 Å². The van der Waals surface area contributed by atoms with Crippen molar-refractivity contribution in [2.45, 2.75) is 38.5 Å². The number of likely N-dealkylation sites (tertiary alicyclic amines) is 1. The lowest BCUT2D eigenvalue weighted by atomic mass is 9.98. The SMILES string of the molecule is CCCc1noc(C2CCCN(C(=O)/C=C/c3ccccc3)C2)n1. The molecule has 0 bridgehead atoms. The van der Waals surface area contributed by atoms with E-state index >= 15 is 0 Å². The molecule has 5 nitrogen and oxygen atoms in total. The number of aryl methyl sites for hydroxylation is 1. The van der Waals surface area contributed by atoms with Crippen LogP contribution >= 0.6 is 0 Å². The Kier molecular flexibility index (Phi) is 5.41. The molecule has 1 aliphatic heterocycles. The van der Waals surface area contributed by atoms with Crippen LogP contribution in [0, 0.1) is 0 Å². The molecule has 0 saturated carbocycles. The Morgan fingerprint density at radius 1 is 1.38 bits per heavy atom. The highest BCUT2D eigenvalue weighted by atomic mass is 16.5. The van der Waals surface area contributed by atoms with Crippen molar-refractivity contribution in [1.29, 1.82) is 0 Å². The van der Waals surface area contributed by atoms with E-state index in [0.29, 0.717) is 12.4 Å². The van der Waals surface area contributed by atoms with E-state index in [0.717, 1.165) is 43.6 Å². The Balaban J connectivity index is 1.62.